The van der Waals surface area contributed by atoms with E-state index in [4.69, 9.17) is 11.5 Å². The van der Waals surface area contributed by atoms with E-state index < -0.39 is 0 Å². The smallest absolute Gasteiger partial charge is 0.222 e. The molecule has 4 rings (SSSR count). The molecule has 0 saturated carbocycles. The Hall–Kier alpha value is -3.67. The van der Waals surface area contributed by atoms with E-state index in [2.05, 4.69) is 44.1 Å². The molecule has 0 spiro atoms. The molecule has 0 atom stereocenters. The van der Waals surface area contributed by atoms with Crippen molar-refractivity contribution in [2.24, 2.45) is 0 Å². The van der Waals surface area contributed by atoms with Gasteiger partial charge >= 0.3 is 0 Å². The number of nitrogens with two attached hydrogens (primary N) is 2. The molecule has 0 aliphatic carbocycles. The summed E-state index contributed by atoms with van der Waals surface area (Å²) >= 11 is 0. The molecule has 0 amide bonds. The summed E-state index contributed by atoms with van der Waals surface area (Å²) in [5.41, 5.74) is 15.9. The molecule has 0 aliphatic heterocycles. The lowest BCUT2D eigenvalue weighted by atomic mass is 10.2. The Kier molecular flexibility index (Phi) is 4.07. The normalized spacial score (nSPS) is 10.8. The van der Waals surface area contributed by atoms with E-state index in [1.807, 2.05) is 48.5 Å². The minimum Gasteiger partial charge on any atom is -0.382 e. The Bertz CT molecular complexity index is 995. The van der Waals surface area contributed by atoms with Crippen LogP contribution in [0.25, 0.3) is 11.0 Å². The average Bonchev–Trinajstić information content (AvgIpc) is 2.68. The maximum Gasteiger partial charge on any atom is 0.222 e. The molecule has 0 aliphatic rings. The van der Waals surface area contributed by atoms with Gasteiger partial charge < -0.3 is 16.4 Å². The molecule has 2 aromatic carbocycles. The number of rotatable bonds is 4. The van der Waals surface area contributed by atoms with Gasteiger partial charge in [-0.3, -0.25) is 0 Å². The molecule has 0 bridgehead atoms. The first-order valence-electron chi connectivity index (χ1n) is 8.27. The van der Waals surface area contributed by atoms with E-state index in [1.54, 1.807) is 0 Å². The molecule has 0 unspecified atom stereocenters. The molecule has 4 aromatic rings. The maximum absolute atomic E-state index is 5.97. The molecular weight excluding hydrogens is 324 g/mol. The third-order valence-corrected chi connectivity index (χ3v) is 4.10. The Morgan fingerprint density at radius 1 is 0.692 bits per heavy atom. The lowest BCUT2D eigenvalue weighted by Gasteiger charge is -2.25. The Morgan fingerprint density at radius 2 is 1.31 bits per heavy atom. The number of nitrogen functional groups attached to an aromatic ring is 2. The fraction of sp³-hybridized carbons (Fsp3) is 0.0500. The summed E-state index contributed by atoms with van der Waals surface area (Å²) in [6.45, 7) is 0.591. The van der Waals surface area contributed by atoms with Crippen LogP contribution in [0.5, 0.6) is 0 Å². The molecular formula is C20H18N6. The predicted octanol–water partition coefficient (Wildman–Crippen LogP) is 3.53. The Labute approximate surface area is 151 Å². The third kappa shape index (κ3) is 3.12. The standard InChI is InChI=1S/C20H18N6/c21-19-18-17(24-20(22)25-19)12-11-14(23-18)13-26(15-7-3-1-4-8-15)16-9-5-2-6-10-16/h1-12H,13H2,(H4,21,22,24,25). The molecule has 0 radical (unpaired) electrons. The van der Waals surface area contributed by atoms with Gasteiger partial charge in [-0.1, -0.05) is 36.4 Å². The third-order valence-electron chi connectivity index (χ3n) is 4.10. The van der Waals surface area contributed by atoms with Gasteiger partial charge in [0.25, 0.3) is 0 Å². The highest BCUT2D eigenvalue weighted by Gasteiger charge is 2.12. The molecule has 0 fully saturated rings. The van der Waals surface area contributed by atoms with Crippen LogP contribution < -0.4 is 16.4 Å². The monoisotopic (exact) mass is 342 g/mol. The minimum absolute atomic E-state index is 0.153. The number of hydrogen-bond donors (Lipinski definition) is 2. The fourth-order valence-electron chi connectivity index (χ4n) is 2.89. The molecule has 6 nitrogen and oxygen atoms in total. The molecule has 6 heteroatoms. The minimum atomic E-state index is 0.153. The van der Waals surface area contributed by atoms with Crippen molar-refractivity contribution in [2.75, 3.05) is 16.4 Å². The summed E-state index contributed by atoms with van der Waals surface area (Å²) in [6, 6.07) is 24.2. The van der Waals surface area contributed by atoms with Gasteiger partial charge in [0.2, 0.25) is 5.95 Å². The van der Waals surface area contributed by atoms with Gasteiger partial charge in [0.1, 0.15) is 5.52 Å². The summed E-state index contributed by atoms with van der Waals surface area (Å²) in [5, 5.41) is 0. The van der Waals surface area contributed by atoms with Crippen molar-refractivity contribution < 1.29 is 0 Å². The van der Waals surface area contributed by atoms with E-state index in [1.165, 1.54) is 0 Å². The van der Waals surface area contributed by atoms with E-state index in [9.17, 15) is 0 Å². The maximum atomic E-state index is 5.97. The topological polar surface area (TPSA) is 93.9 Å². The van der Waals surface area contributed by atoms with Gasteiger partial charge in [-0.2, -0.15) is 4.98 Å². The van der Waals surface area contributed by atoms with E-state index in [0.29, 0.717) is 23.4 Å². The lowest BCUT2D eigenvalue weighted by Crippen LogP contribution is -2.17. The summed E-state index contributed by atoms with van der Waals surface area (Å²) < 4.78 is 0. The fourth-order valence-corrected chi connectivity index (χ4v) is 2.89. The van der Waals surface area contributed by atoms with Crippen molar-refractivity contribution in [3.05, 3.63) is 78.5 Å². The quantitative estimate of drug-likeness (QED) is 0.589. The molecule has 26 heavy (non-hydrogen) atoms. The number of hydrogen-bond acceptors (Lipinski definition) is 6. The van der Waals surface area contributed by atoms with E-state index in [-0.39, 0.29) is 5.95 Å². The zero-order valence-electron chi connectivity index (χ0n) is 14.1. The van der Waals surface area contributed by atoms with Crippen LogP contribution in [0.1, 0.15) is 5.69 Å². The van der Waals surface area contributed by atoms with Gasteiger partial charge in [-0.15, -0.1) is 0 Å². The molecule has 128 valence electrons. The number of para-hydroxylation sites is 2. The second-order valence-corrected chi connectivity index (χ2v) is 5.89. The van der Waals surface area contributed by atoms with Crippen molar-refractivity contribution in [2.45, 2.75) is 6.54 Å². The van der Waals surface area contributed by atoms with Crippen molar-refractivity contribution in [3.63, 3.8) is 0 Å². The number of pyridine rings is 1. The van der Waals surface area contributed by atoms with Crippen LogP contribution in [0.2, 0.25) is 0 Å². The number of fused-ring (bicyclic) bond motifs is 1. The molecule has 4 N–H and O–H groups in total. The summed E-state index contributed by atoms with van der Waals surface area (Å²) in [7, 11) is 0. The Balaban J connectivity index is 1.75. The predicted molar refractivity (Wildman–Crippen MR) is 105 cm³/mol. The van der Waals surface area contributed by atoms with Gasteiger partial charge in [0.05, 0.1) is 17.8 Å². The summed E-state index contributed by atoms with van der Waals surface area (Å²) in [5.74, 6) is 0.445. The van der Waals surface area contributed by atoms with Crippen molar-refractivity contribution in [1.82, 2.24) is 15.0 Å². The highest BCUT2D eigenvalue weighted by molar-refractivity contribution is 5.85. The van der Waals surface area contributed by atoms with Gasteiger partial charge in [-0.05, 0) is 36.4 Å². The number of aromatic nitrogens is 3. The van der Waals surface area contributed by atoms with Gasteiger partial charge in [0.15, 0.2) is 5.82 Å². The second kappa shape index (κ2) is 6.68. The van der Waals surface area contributed by atoms with Crippen LogP contribution in [-0.4, -0.2) is 15.0 Å². The van der Waals surface area contributed by atoms with Gasteiger partial charge in [-0.25, -0.2) is 9.97 Å². The summed E-state index contributed by atoms with van der Waals surface area (Å²) in [4.78, 5) is 15.0. The largest absolute Gasteiger partial charge is 0.382 e. The van der Waals surface area contributed by atoms with E-state index >= 15 is 0 Å². The van der Waals surface area contributed by atoms with Gasteiger partial charge in [0, 0.05) is 11.4 Å². The van der Waals surface area contributed by atoms with Crippen LogP contribution in [0.3, 0.4) is 0 Å². The zero-order chi connectivity index (χ0) is 17.9. The highest BCUT2D eigenvalue weighted by atomic mass is 15.1. The number of benzene rings is 2. The van der Waals surface area contributed by atoms with E-state index in [0.717, 1.165) is 17.1 Å². The molecule has 2 aromatic heterocycles. The number of nitrogens with zero attached hydrogens (tertiary/aromatic N) is 4. The highest BCUT2D eigenvalue weighted by Crippen LogP contribution is 2.27. The second-order valence-electron chi connectivity index (χ2n) is 5.89. The van der Waals surface area contributed by atoms with Crippen LogP contribution >= 0.6 is 0 Å². The SMILES string of the molecule is Nc1nc(N)c2nc(CN(c3ccccc3)c3ccccc3)ccc2n1. The Morgan fingerprint density at radius 3 is 1.92 bits per heavy atom. The van der Waals surface area contributed by atoms with Crippen molar-refractivity contribution in [1.29, 1.82) is 0 Å². The van der Waals surface area contributed by atoms with Crippen molar-refractivity contribution >= 4 is 34.2 Å². The average molecular weight is 342 g/mol. The first-order valence-corrected chi connectivity index (χ1v) is 8.27. The van der Waals surface area contributed by atoms with Crippen LogP contribution in [0, 0.1) is 0 Å². The van der Waals surface area contributed by atoms with Crippen LogP contribution in [0.15, 0.2) is 72.8 Å². The number of anilines is 4. The first-order chi connectivity index (χ1) is 12.7. The molecule has 0 saturated heterocycles. The summed E-state index contributed by atoms with van der Waals surface area (Å²) in [6.07, 6.45) is 0. The van der Waals surface area contributed by atoms with Crippen molar-refractivity contribution in [3.8, 4) is 0 Å². The lowest BCUT2D eigenvalue weighted by molar-refractivity contribution is 0.935. The van der Waals surface area contributed by atoms with Crippen LogP contribution in [-0.2, 0) is 6.54 Å². The first kappa shape index (κ1) is 15.8. The molecule has 2 heterocycles. The zero-order valence-corrected chi connectivity index (χ0v) is 14.1. The van der Waals surface area contributed by atoms with Crippen LogP contribution in [0.4, 0.5) is 23.1 Å².